The van der Waals surface area contributed by atoms with Crippen molar-refractivity contribution in [3.8, 4) is 0 Å². The lowest BCUT2D eigenvalue weighted by Crippen LogP contribution is -2.60. The molecule has 198 valence electrons. The van der Waals surface area contributed by atoms with E-state index in [-0.39, 0.29) is 18.8 Å². The van der Waals surface area contributed by atoms with Crippen molar-refractivity contribution in [1.82, 2.24) is 25.9 Å². The number of aromatic amines is 1. The fourth-order valence-electron chi connectivity index (χ4n) is 3.39. The van der Waals surface area contributed by atoms with Crippen LogP contribution in [0.15, 0.2) is 12.5 Å². The molecule has 0 aromatic carbocycles. The predicted octanol–water partition coefficient (Wildman–Crippen LogP) is -1.63. The zero-order valence-corrected chi connectivity index (χ0v) is 20.5. The van der Waals surface area contributed by atoms with Crippen molar-refractivity contribution >= 4 is 23.7 Å². The molecule has 13 heteroatoms. The number of rotatable bonds is 16. The number of carboxylic acid groups (broad SMARTS) is 1. The van der Waals surface area contributed by atoms with E-state index in [0.717, 1.165) is 0 Å². The van der Waals surface area contributed by atoms with Gasteiger partial charge in [0.1, 0.15) is 18.1 Å². The van der Waals surface area contributed by atoms with Gasteiger partial charge in [-0.2, -0.15) is 0 Å². The van der Waals surface area contributed by atoms with Crippen LogP contribution in [-0.4, -0.2) is 80.7 Å². The van der Waals surface area contributed by atoms with Gasteiger partial charge in [0, 0.05) is 18.3 Å². The third-order valence-corrected chi connectivity index (χ3v) is 5.30. The minimum Gasteiger partial charge on any atom is -0.480 e. The highest BCUT2D eigenvalue weighted by Crippen LogP contribution is 2.07. The van der Waals surface area contributed by atoms with E-state index in [4.69, 9.17) is 11.5 Å². The maximum absolute atomic E-state index is 12.9. The molecule has 0 fully saturated rings. The summed E-state index contributed by atoms with van der Waals surface area (Å²) >= 11 is 0. The van der Waals surface area contributed by atoms with Gasteiger partial charge in [-0.05, 0) is 45.1 Å². The van der Waals surface area contributed by atoms with Crippen LogP contribution in [0, 0.1) is 5.92 Å². The Morgan fingerprint density at radius 2 is 1.69 bits per heavy atom. The van der Waals surface area contributed by atoms with Crippen LogP contribution >= 0.6 is 0 Å². The summed E-state index contributed by atoms with van der Waals surface area (Å²) in [6.45, 7) is 5.49. The van der Waals surface area contributed by atoms with Gasteiger partial charge in [-0.1, -0.05) is 13.8 Å². The van der Waals surface area contributed by atoms with E-state index in [9.17, 15) is 29.4 Å². The number of nitrogens with zero attached hydrogens (tertiary/aromatic N) is 1. The molecule has 0 aliphatic carbocycles. The quantitative estimate of drug-likeness (QED) is 0.123. The number of amides is 3. The summed E-state index contributed by atoms with van der Waals surface area (Å²) in [5, 5.41) is 27.0. The van der Waals surface area contributed by atoms with Crippen LogP contribution in [-0.2, 0) is 25.6 Å². The van der Waals surface area contributed by atoms with Crippen LogP contribution in [0.4, 0.5) is 0 Å². The number of hydrogen-bond acceptors (Lipinski definition) is 8. The topological polar surface area (TPSA) is 226 Å². The molecule has 0 bridgehead atoms. The molecule has 0 aliphatic rings. The Morgan fingerprint density at radius 1 is 1.03 bits per heavy atom. The lowest BCUT2D eigenvalue weighted by molar-refractivity contribution is -0.142. The number of nitrogens with two attached hydrogens (primary N) is 2. The molecule has 0 saturated heterocycles. The van der Waals surface area contributed by atoms with Crippen LogP contribution in [0.5, 0.6) is 0 Å². The zero-order chi connectivity index (χ0) is 26.5. The Morgan fingerprint density at radius 3 is 2.20 bits per heavy atom. The fourth-order valence-corrected chi connectivity index (χ4v) is 3.39. The molecule has 1 heterocycles. The summed E-state index contributed by atoms with van der Waals surface area (Å²) < 4.78 is 0. The number of carbonyl (C=O) groups is 4. The van der Waals surface area contributed by atoms with Crippen molar-refractivity contribution in [2.45, 2.75) is 83.1 Å². The Labute approximate surface area is 204 Å². The number of unbranched alkanes of at least 4 members (excludes halogenated alkanes) is 1. The molecule has 1 rings (SSSR count). The lowest BCUT2D eigenvalue weighted by atomic mass is 10.0. The van der Waals surface area contributed by atoms with Crippen LogP contribution < -0.4 is 27.4 Å². The number of carbonyl (C=O) groups excluding carboxylic acids is 3. The standard InChI is InChI=1S/C22H39N7O6/c1-12(2)8-15(24)19(31)29-18(13(3)30)21(33)27-16(6-4-5-7-23)20(32)28-17(22(34)35)9-14-10-25-11-26-14/h10-13,15-18,30H,4-9,23-24H2,1-3H3,(H,25,26)(H,27,33)(H,28,32)(H,29,31)(H,34,35). The molecule has 5 unspecified atom stereocenters. The molecule has 1 aromatic rings. The number of H-pyrrole nitrogens is 1. The second kappa shape index (κ2) is 15.1. The molecule has 1 aromatic heterocycles. The molecule has 0 spiro atoms. The second-order valence-corrected chi connectivity index (χ2v) is 8.99. The van der Waals surface area contributed by atoms with Crippen LogP contribution in [0.1, 0.15) is 52.1 Å². The Balaban J connectivity index is 2.94. The summed E-state index contributed by atoms with van der Waals surface area (Å²) in [6, 6.07) is -4.60. The Hall–Kier alpha value is -3.03. The Bertz CT molecular complexity index is 815. The third kappa shape index (κ3) is 10.8. The molecule has 10 N–H and O–H groups in total. The van der Waals surface area contributed by atoms with Gasteiger partial charge in [-0.15, -0.1) is 0 Å². The van der Waals surface area contributed by atoms with Gasteiger partial charge in [0.05, 0.1) is 18.5 Å². The minimum absolute atomic E-state index is 0.0371. The van der Waals surface area contributed by atoms with E-state index in [2.05, 4.69) is 25.9 Å². The first kappa shape index (κ1) is 30.0. The number of imidazole rings is 1. The zero-order valence-electron chi connectivity index (χ0n) is 20.5. The van der Waals surface area contributed by atoms with Gasteiger partial charge in [-0.25, -0.2) is 9.78 Å². The van der Waals surface area contributed by atoms with E-state index in [0.29, 0.717) is 31.5 Å². The summed E-state index contributed by atoms with van der Waals surface area (Å²) in [4.78, 5) is 56.6. The molecule has 0 saturated carbocycles. The van der Waals surface area contributed by atoms with E-state index in [1.54, 1.807) is 0 Å². The monoisotopic (exact) mass is 497 g/mol. The molecule has 0 aliphatic heterocycles. The van der Waals surface area contributed by atoms with Crippen LogP contribution in [0.2, 0.25) is 0 Å². The molecular formula is C22H39N7O6. The maximum atomic E-state index is 12.9. The number of aromatic nitrogens is 2. The summed E-state index contributed by atoms with van der Waals surface area (Å²) in [6.07, 6.45) is 3.16. The highest BCUT2D eigenvalue weighted by molar-refractivity contribution is 5.94. The second-order valence-electron chi connectivity index (χ2n) is 8.99. The summed E-state index contributed by atoms with van der Waals surface area (Å²) in [7, 11) is 0. The van der Waals surface area contributed by atoms with E-state index >= 15 is 0 Å². The highest BCUT2D eigenvalue weighted by atomic mass is 16.4. The van der Waals surface area contributed by atoms with Crippen LogP contribution in [0.3, 0.4) is 0 Å². The fraction of sp³-hybridized carbons (Fsp3) is 0.682. The number of aliphatic carboxylic acids is 1. The van der Waals surface area contributed by atoms with Gasteiger partial charge < -0.3 is 42.6 Å². The molecule has 13 nitrogen and oxygen atoms in total. The maximum Gasteiger partial charge on any atom is 0.326 e. The first-order valence-electron chi connectivity index (χ1n) is 11.7. The highest BCUT2D eigenvalue weighted by Gasteiger charge is 2.32. The first-order valence-corrected chi connectivity index (χ1v) is 11.7. The van der Waals surface area contributed by atoms with E-state index in [1.807, 2.05) is 13.8 Å². The van der Waals surface area contributed by atoms with Gasteiger partial charge in [-0.3, -0.25) is 14.4 Å². The Kier molecular flexibility index (Phi) is 12.9. The number of aliphatic hydroxyl groups excluding tert-OH is 1. The van der Waals surface area contributed by atoms with Crippen molar-refractivity contribution in [2.75, 3.05) is 6.54 Å². The SMILES string of the molecule is CC(C)CC(N)C(=O)NC(C(=O)NC(CCCCN)C(=O)NC(Cc1cnc[nH]1)C(=O)O)C(C)O. The van der Waals surface area contributed by atoms with Crippen molar-refractivity contribution in [2.24, 2.45) is 17.4 Å². The summed E-state index contributed by atoms with van der Waals surface area (Å²) in [5.74, 6) is -3.22. The largest absolute Gasteiger partial charge is 0.480 e. The number of carboxylic acids is 1. The molecule has 5 atom stereocenters. The molecule has 0 radical (unpaired) electrons. The third-order valence-electron chi connectivity index (χ3n) is 5.30. The predicted molar refractivity (Wildman–Crippen MR) is 128 cm³/mol. The van der Waals surface area contributed by atoms with Crippen molar-refractivity contribution in [3.63, 3.8) is 0 Å². The van der Waals surface area contributed by atoms with Crippen molar-refractivity contribution < 1.29 is 29.4 Å². The lowest BCUT2D eigenvalue weighted by Gasteiger charge is -2.26. The normalized spacial score (nSPS) is 15.5. The van der Waals surface area contributed by atoms with E-state index in [1.165, 1.54) is 19.4 Å². The number of nitrogens with one attached hydrogen (secondary N) is 4. The minimum atomic E-state index is -1.36. The average molecular weight is 498 g/mol. The van der Waals surface area contributed by atoms with Crippen molar-refractivity contribution in [3.05, 3.63) is 18.2 Å². The van der Waals surface area contributed by atoms with E-state index < -0.39 is 54.0 Å². The van der Waals surface area contributed by atoms with Gasteiger partial charge in [0.2, 0.25) is 17.7 Å². The first-order chi connectivity index (χ1) is 16.5. The average Bonchev–Trinajstić information content (AvgIpc) is 3.28. The molecule has 35 heavy (non-hydrogen) atoms. The summed E-state index contributed by atoms with van der Waals surface area (Å²) in [5.41, 5.74) is 11.9. The smallest absolute Gasteiger partial charge is 0.326 e. The van der Waals surface area contributed by atoms with Crippen molar-refractivity contribution in [1.29, 1.82) is 0 Å². The van der Waals surface area contributed by atoms with Crippen LogP contribution in [0.25, 0.3) is 0 Å². The molecule has 3 amide bonds. The van der Waals surface area contributed by atoms with Gasteiger partial charge >= 0.3 is 5.97 Å². The number of hydrogen-bond donors (Lipinski definition) is 8. The van der Waals surface area contributed by atoms with Gasteiger partial charge in [0.15, 0.2) is 0 Å². The van der Waals surface area contributed by atoms with Gasteiger partial charge in [0.25, 0.3) is 0 Å². The number of aliphatic hydroxyl groups is 1. The molecular weight excluding hydrogens is 458 g/mol.